The van der Waals surface area contributed by atoms with Gasteiger partial charge in [-0.1, -0.05) is 0 Å². The molecular formula is C15H18N2O3. The first-order chi connectivity index (χ1) is 9.45. The molecule has 0 spiro atoms. The van der Waals surface area contributed by atoms with Crippen molar-refractivity contribution in [1.82, 2.24) is 9.47 Å². The lowest BCUT2D eigenvalue weighted by Crippen LogP contribution is -2.37. The molecule has 3 rings (SSSR count). The molecule has 2 atom stereocenters. The molecule has 2 unspecified atom stereocenters. The summed E-state index contributed by atoms with van der Waals surface area (Å²) in [4.78, 5) is 37.3. The zero-order valence-electron chi connectivity index (χ0n) is 12.0. The highest BCUT2D eigenvalue weighted by Crippen LogP contribution is 2.46. The summed E-state index contributed by atoms with van der Waals surface area (Å²) in [5.74, 6) is -0.771. The van der Waals surface area contributed by atoms with Crippen LogP contribution in [-0.2, 0) is 16.1 Å². The Morgan fingerprint density at radius 2 is 1.85 bits per heavy atom. The first-order valence-electron chi connectivity index (χ1n) is 7.00. The van der Waals surface area contributed by atoms with Gasteiger partial charge in [0.15, 0.2) is 5.78 Å². The maximum Gasteiger partial charge on any atom is 0.233 e. The highest BCUT2D eigenvalue weighted by atomic mass is 16.2. The Morgan fingerprint density at radius 1 is 1.25 bits per heavy atom. The van der Waals surface area contributed by atoms with Gasteiger partial charge in [0.05, 0.1) is 18.4 Å². The molecule has 1 saturated carbocycles. The van der Waals surface area contributed by atoms with E-state index in [1.54, 1.807) is 0 Å². The number of amides is 2. The molecule has 2 amide bonds. The summed E-state index contributed by atoms with van der Waals surface area (Å²) < 4.78 is 2.05. The van der Waals surface area contributed by atoms with Crippen LogP contribution in [0.15, 0.2) is 6.07 Å². The predicted molar refractivity (Wildman–Crippen MR) is 72.2 cm³/mol. The van der Waals surface area contributed by atoms with Crippen molar-refractivity contribution in [2.45, 2.75) is 33.7 Å². The van der Waals surface area contributed by atoms with E-state index >= 15 is 0 Å². The smallest absolute Gasteiger partial charge is 0.233 e. The van der Waals surface area contributed by atoms with Crippen LogP contribution in [0.2, 0.25) is 0 Å². The third-order valence-electron chi connectivity index (χ3n) is 4.45. The van der Waals surface area contributed by atoms with Crippen molar-refractivity contribution >= 4 is 17.6 Å². The molecule has 2 heterocycles. The van der Waals surface area contributed by atoms with Crippen molar-refractivity contribution in [3.63, 3.8) is 0 Å². The second kappa shape index (κ2) is 4.30. The van der Waals surface area contributed by atoms with Gasteiger partial charge >= 0.3 is 0 Å². The molecule has 0 N–H and O–H groups in total. The molecule has 1 aliphatic heterocycles. The number of fused-ring (bicyclic) bond motifs is 1. The Kier molecular flexibility index (Phi) is 2.81. The van der Waals surface area contributed by atoms with E-state index < -0.39 is 0 Å². The van der Waals surface area contributed by atoms with Crippen LogP contribution in [0.4, 0.5) is 0 Å². The zero-order valence-corrected chi connectivity index (χ0v) is 12.0. The first kappa shape index (κ1) is 13.1. The molecule has 2 aliphatic rings. The predicted octanol–water partition coefficient (Wildman–Crippen LogP) is 1.31. The monoisotopic (exact) mass is 274 g/mol. The number of ketones is 1. The summed E-state index contributed by atoms with van der Waals surface area (Å²) in [6.07, 6.45) is 0.673. The number of rotatable bonds is 4. The average Bonchev–Trinajstić information content (AvgIpc) is 3.10. The standard InChI is InChI=1S/C15H18N2O3/c1-4-16-8(2)5-10(9(16)3)13(18)7-17-14(19)11-6-12(11)15(17)20/h5,11-12H,4,6-7H2,1-3H3. The molecule has 1 aliphatic carbocycles. The Labute approximate surface area is 117 Å². The molecule has 2 fully saturated rings. The van der Waals surface area contributed by atoms with Crippen LogP contribution in [0.3, 0.4) is 0 Å². The zero-order chi connectivity index (χ0) is 14.6. The maximum atomic E-state index is 12.4. The molecule has 0 bridgehead atoms. The van der Waals surface area contributed by atoms with Gasteiger partial charge in [-0.15, -0.1) is 0 Å². The number of imide groups is 1. The number of aromatic nitrogens is 1. The molecule has 1 aromatic heterocycles. The normalized spacial score (nSPS) is 24.2. The van der Waals surface area contributed by atoms with Crippen LogP contribution in [0.25, 0.3) is 0 Å². The third-order valence-corrected chi connectivity index (χ3v) is 4.45. The fraction of sp³-hybridized carbons (Fsp3) is 0.533. The van der Waals surface area contributed by atoms with Crippen LogP contribution >= 0.6 is 0 Å². The Balaban J connectivity index is 1.80. The lowest BCUT2D eigenvalue weighted by Gasteiger charge is -2.15. The van der Waals surface area contributed by atoms with Gasteiger partial charge in [-0.3, -0.25) is 19.3 Å². The summed E-state index contributed by atoms with van der Waals surface area (Å²) in [5.41, 5.74) is 2.54. The van der Waals surface area contributed by atoms with E-state index in [-0.39, 0.29) is 36.0 Å². The molecule has 106 valence electrons. The van der Waals surface area contributed by atoms with Crippen molar-refractivity contribution in [1.29, 1.82) is 0 Å². The van der Waals surface area contributed by atoms with Gasteiger partial charge in [0.25, 0.3) is 0 Å². The highest BCUT2D eigenvalue weighted by Gasteiger charge is 2.59. The second-order valence-corrected chi connectivity index (χ2v) is 5.66. The van der Waals surface area contributed by atoms with Crippen LogP contribution in [-0.4, -0.2) is 33.6 Å². The number of piperidine rings is 1. The van der Waals surface area contributed by atoms with Gasteiger partial charge in [-0.2, -0.15) is 0 Å². The molecule has 0 aromatic carbocycles. The minimum Gasteiger partial charge on any atom is -0.349 e. The summed E-state index contributed by atoms with van der Waals surface area (Å²) in [7, 11) is 0. The number of nitrogens with zero attached hydrogens (tertiary/aromatic N) is 2. The molecule has 1 saturated heterocycles. The number of aryl methyl sites for hydroxylation is 1. The van der Waals surface area contributed by atoms with Gasteiger partial charge in [0, 0.05) is 23.5 Å². The summed E-state index contributed by atoms with van der Waals surface area (Å²) >= 11 is 0. The van der Waals surface area contributed by atoms with Crippen molar-refractivity contribution in [3.8, 4) is 0 Å². The number of carbonyl (C=O) groups excluding carboxylic acids is 3. The largest absolute Gasteiger partial charge is 0.349 e. The van der Waals surface area contributed by atoms with Crippen LogP contribution < -0.4 is 0 Å². The lowest BCUT2D eigenvalue weighted by molar-refractivity contribution is -0.140. The maximum absolute atomic E-state index is 12.4. The molecule has 5 heteroatoms. The highest BCUT2D eigenvalue weighted by molar-refractivity contribution is 6.12. The van der Waals surface area contributed by atoms with Crippen LogP contribution in [0.5, 0.6) is 0 Å². The van der Waals surface area contributed by atoms with Gasteiger partial charge in [-0.25, -0.2) is 0 Å². The SMILES string of the molecule is CCn1c(C)cc(C(=O)CN2C(=O)C3CC3C2=O)c1C. The Bertz CT molecular complexity index is 609. The molecule has 1 aromatic rings. The van der Waals surface area contributed by atoms with Crippen molar-refractivity contribution in [3.05, 3.63) is 23.0 Å². The van der Waals surface area contributed by atoms with Gasteiger partial charge in [0.2, 0.25) is 11.8 Å². The van der Waals surface area contributed by atoms with Gasteiger partial charge < -0.3 is 4.57 Å². The van der Waals surface area contributed by atoms with E-state index in [9.17, 15) is 14.4 Å². The molecule has 0 radical (unpaired) electrons. The third kappa shape index (κ3) is 1.72. The van der Waals surface area contributed by atoms with E-state index in [0.29, 0.717) is 12.0 Å². The fourth-order valence-electron chi connectivity index (χ4n) is 3.20. The topological polar surface area (TPSA) is 59.4 Å². The second-order valence-electron chi connectivity index (χ2n) is 5.66. The minimum absolute atomic E-state index is 0.112. The number of Topliss-reactive ketones (excluding diaryl/α,β-unsaturated/α-hetero) is 1. The average molecular weight is 274 g/mol. The van der Waals surface area contributed by atoms with Gasteiger partial charge in [-0.05, 0) is 33.3 Å². The van der Waals surface area contributed by atoms with Gasteiger partial charge in [0.1, 0.15) is 0 Å². The number of hydrogen-bond donors (Lipinski definition) is 0. The first-order valence-corrected chi connectivity index (χ1v) is 7.00. The van der Waals surface area contributed by atoms with Crippen LogP contribution in [0, 0.1) is 25.7 Å². The van der Waals surface area contributed by atoms with Crippen molar-refractivity contribution in [2.75, 3.05) is 6.54 Å². The lowest BCUT2D eigenvalue weighted by atomic mass is 10.1. The number of carbonyl (C=O) groups is 3. The van der Waals surface area contributed by atoms with Crippen LogP contribution in [0.1, 0.15) is 35.1 Å². The Morgan fingerprint density at radius 3 is 2.35 bits per heavy atom. The Hall–Kier alpha value is -1.91. The fourth-order valence-corrected chi connectivity index (χ4v) is 3.20. The molecule has 20 heavy (non-hydrogen) atoms. The van der Waals surface area contributed by atoms with E-state index in [4.69, 9.17) is 0 Å². The summed E-state index contributed by atoms with van der Waals surface area (Å²) in [6, 6.07) is 1.84. The quantitative estimate of drug-likeness (QED) is 0.614. The van der Waals surface area contributed by atoms with Crippen molar-refractivity contribution in [2.24, 2.45) is 11.8 Å². The van der Waals surface area contributed by atoms with E-state index in [1.807, 2.05) is 26.8 Å². The summed E-state index contributed by atoms with van der Waals surface area (Å²) in [5, 5.41) is 0. The van der Waals surface area contributed by atoms with E-state index in [0.717, 1.165) is 22.8 Å². The summed E-state index contributed by atoms with van der Waals surface area (Å²) in [6.45, 7) is 6.56. The minimum atomic E-state index is -0.169. The molecule has 5 nitrogen and oxygen atoms in total. The van der Waals surface area contributed by atoms with E-state index in [2.05, 4.69) is 4.57 Å². The van der Waals surface area contributed by atoms with E-state index in [1.165, 1.54) is 0 Å². The van der Waals surface area contributed by atoms with Crippen molar-refractivity contribution < 1.29 is 14.4 Å². The number of likely N-dealkylation sites (tertiary alicyclic amines) is 1. The molecular weight excluding hydrogens is 256 g/mol. The number of hydrogen-bond acceptors (Lipinski definition) is 3.